The van der Waals surface area contributed by atoms with E-state index < -0.39 is 12.0 Å². The SMILES string of the molecule is COc1ccc(C2NC(C(=O)O)Cc3c2[nH]c2ccccc32)c(C)c1C. The number of hydrogen-bond acceptors (Lipinski definition) is 3. The minimum absolute atomic E-state index is 0.197. The van der Waals surface area contributed by atoms with Gasteiger partial charge in [-0.15, -0.1) is 0 Å². The minimum Gasteiger partial charge on any atom is -0.496 e. The number of aromatic nitrogens is 1. The summed E-state index contributed by atoms with van der Waals surface area (Å²) in [6.45, 7) is 4.09. The van der Waals surface area contributed by atoms with Crippen LogP contribution in [0.3, 0.4) is 0 Å². The van der Waals surface area contributed by atoms with Gasteiger partial charge in [-0.05, 0) is 48.2 Å². The molecule has 0 saturated heterocycles. The Morgan fingerprint density at radius 1 is 1.15 bits per heavy atom. The summed E-state index contributed by atoms with van der Waals surface area (Å²) in [4.78, 5) is 15.3. The van der Waals surface area contributed by atoms with Crippen LogP contribution in [0.2, 0.25) is 0 Å². The van der Waals surface area contributed by atoms with Crippen LogP contribution >= 0.6 is 0 Å². The molecular formula is C21H22N2O3. The lowest BCUT2D eigenvalue weighted by atomic mass is 9.87. The van der Waals surface area contributed by atoms with Crippen molar-refractivity contribution >= 4 is 16.9 Å². The highest BCUT2D eigenvalue weighted by Crippen LogP contribution is 2.38. The lowest BCUT2D eigenvalue weighted by Gasteiger charge is -2.31. The summed E-state index contributed by atoms with van der Waals surface area (Å²) in [7, 11) is 1.66. The molecule has 1 aliphatic rings. The summed E-state index contributed by atoms with van der Waals surface area (Å²) < 4.78 is 5.42. The van der Waals surface area contributed by atoms with E-state index in [-0.39, 0.29) is 6.04 Å². The van der Waals surface area contributed by atoms with Gasteiger partial charge in [0, 0.05) is 23.0 Å². The number of para-hydroxylation sites is 1. The van der Waals surface area contributed by atoms with E-state index in [2.05, 4.69) is 23.3 Å². The van der Waals surface area contributed by atoms with Gasteiger partial charge in [0.2, 0.25) is 0 Å². The third-order valence-corrected chi connectivity index (χ3v) is 5.52. The number of fused-ring (bicyclic) bond motifs is 3. The van der Waals surface area contributed by atoms with Crippen LogP contribution in [0, 0.1) is 13.8 Å². The van der Waals surface area contributed by atoms with E-state index in [4.69, 9.17) is 4.74 Å². The molecule has 0 aliphatic carbocycles. The number of hydrogen-bond donors (Lipinski definition) is 3. The van der Waals surface area contributed by atoms with Crippen molar-refractivity contribution in [2.24, 2.45) is 0 Å². The van der Waals surface area contributed by atoms with Gasteiger partial charge in [0.05, 0.1) is 13.2 Å². The molecule has 4 rings (SSSR count). The second-order valence-electron chi connectivity index (χ2n) is 6.86. The predicted octanol–water partition coefficient (Wildman–Crippen LogP) is 3.48. The highest BCUT2D eigenvalue weighted by molar-refractivity contribution is 5.87. The molecule has 0 bridgehead atoms. The van der Waals surface area contributed by atoms with Crippen LogP contribution in [0.4, 0.5) is 0 Å². The molecule has 3 N–H and O–H groups in total. The van der Waals surface area contributed by atoms with Crippen molar-refractivity contribution in [1.82, 2.24) is 10.3 Å². The van der Waals surface area contributed by atoms with Crippen LogP contribution in [-0.4, -0.2) is 29.2 Å². The Morgan fingerprint density at radius 2 is 1.92 bits per heavy atom. The van der Waals surface area contributed by atoms with Crippen LogP contribution in [-0.2, 0) is 11.2 Å². The quantitative estimate of drug-likeness (QED) is 0.676. The van der Waals surface area contributed by atoms with Crippen LogP contribution in [0.15, 0.2) is 36.4 Å². The number of methoxy groups -OCH3 is 1. The number of nitrogens with one attached hydrogen (secondary N) is 2. The number of H-pyrrole nitrogens is 1. The molecule has 134 valence electrons. The van der Waals surface area contributed by atoms with Crippen molar-refractivity contribution in [2.75, 3.05) is 7.11 Å². The van der Waals surface area contributed by atoms with E-state index in [1.807, 2.05) is 37.3 Å². The van der Waals surface area contributed by atoms with E-state index in [1.54, 1.807) is 7.11 Å². The number of carboxylic acid groups (broad SMARTS) is 1. The van der Waals surface area contributed by atoms with Gasteiger partial charge in [0.25, 0.3) is 0 Å². The molecule has 26 heavy (non-hydrogen) atoms. The average Bonchev–Trinajstić information content (AvgIpc) is 3.02. The number of carbonyl (C=O) groups is 1. The summed E-state index contributed by atoms with van der Waals surface area (Å²) in [6.07, 6.45) is 0.472. The normalized spacial score (nSPS) is 19.3. The summed E-state index contributed by atoms with van der Waals surface area (Å²) in [5.41, 5.74) is 6.43. The molecule has 1 aliphatic heterocycles. The van der Waals surface area contributed by atoms with Crippen LogP contribution < -0.4 is 10.1 Å². The summed E-state index contributed by atoms with van der Waals surface area (Å²) in [5, 5.41) is 14.1. The number of carboxylic acids is 1. The van der Waals surface area contributed by atoms with Gasteiger partial charge in [-0.2, -0.15) is 0 Å². The Hall–Kier alpha value is -2.79. The number of aliphatic carboxylic acids is 1. The van der Waals surface area contributed by atoms with Crippen LogP contribution in [0.5, 0.6) is 5.75 Å². The van der Waals surface area contributed by atoms with Crippen molar-refractivity contribution in [2.45, 2.75) is 32.4 Å². The van der Waals surface area contributed by atoms with E-state index >= 15 is 0 Å². The first-order chi connectivity index (χ1) is 12.5. The average molecular weight is 350 g/mol. The zero-order valence-corrected chi connectivity index (χ0v) is 15.1. The predicted molar refractivity (Wildman–Crippen MR) is 101 cm³/mol. The lowest BCUT2D eigenvalue weighted by Crippen LogP contribution is -2.45. The van der Waals surface area contributed by atoms with E-state index in [0.29, 0.717) is 6.42 Å². The van der Waals surface area contributed by atoms with Gasteiger partial charge >= 0.3 is 5.97 Å². The third kappa shape index (κ3) is 2.47. The molecule has 2 atom stereocenters. The Morgan fingerprint density at radius 3 is 2.65 bits per heavy atom. The van der Waals surface area contributed by atoms with E-state index in [0.717, 1.165) is 44.6 Å². The Bertz CT molecular complexity index is 1010. The Labute approximate surface area is 152 Å². The van der Waals surface area contributed by atoms with Crippen molar-refractivity contribution < 1.29 is 14.6 Å². The summed E-state index contributed by atoms with van der Waals surface area (Å²) in [6, 6.07) is 11.2. The molecule has 3 aromatic rings. The maximum Gasteiger partial charge on any atom is 0.321 e. The zero-order chi connectivity index (χ0) is 18.4. The maximum absolute atomic E-state index is 11.8. The summed E-state index contributed by atoms with van der Waals surface area (Å²) in [5.74, 6) is 0.0162. The first-order valence-electron chi connectivity index (χ1n) is 8.73. The second-order valence-corrected chi connectivity index (χ2v) is 6.86. The molecule has 1 aromatic heterocycles. The molecule has 2 heterocycles. The first-order valence-corrected chi connectivity index (χ1v) is 8.73. The fourth-order valence-electron chi connectivity index (χ4n) is 3.99. The standard InChI is InChI=1S/C21H22N2O3/c1-11-12(2)18(26-3)9-8-13(11)19-20-15(10-17(23-19)21(24)25)14-6-4-5-7-16(14)22-20/h4-9,17,19,22-23H,10H2,1-3H3,(H,24,25). The smallest absolute Gasteiger partial charge is 0.321 e. The third-order valence-electron chi connectivity index (χ3n) is 5.52. The monoisotopic (exact) mass is 350 g/mol. The Kier molecular flexibility index (Phi) is 3.96. The molecule has 0 saturated carbocycles. The minimum atomic E-state index is -0.825. The molecule has 2 aromatic carbocycles. The van der Waals surface area contributed by atoms with Crippen LogP contribution in [0.1, 0.15) is 34.0 Å². The zero-order valence-electron chi connectivity index (χ0n) is 15.1. The second kappa shape index (κ2) is 6.18. The number of rotatable bonds is 3. The maximum atomic E-state index is 11.8. The van der Waals surface area contributed by atoms with Crippen molar-refractivity contribution in [3.63, 3.8) is 0 Å². The molecule has 0 fully saturated rings. The number of ether oxygens (including phenoxy) is 1. The Balaban J connectivity index is 1.92. The fraction of sp³-hybridized carbons (Fsp3) is 0.286. The lowest BCUT2D eigenvalue weighted by molar-refractivity contribution is -0.139. The highest BCUT2D eigenvalue weighted by Gasteiger charge is 2.34. The van der Waals surface area contributed by atoms with Gasteiger partial charge in [-0.1, -0.05) is 24.3 Å². The van der Waals surface area contributed by atoms with Crippen LogP contribution in [0.25, 0.3) is 10.9 Å². The van der Waals surface area contributed by atoms with E-state index in [1.165, 1.54) is 0 Å². The van der Waals surface area contributed by atoms with Gasteiger partial charge in [0.15, 0.2) is 0 Å². The molecule has 0 amide bonds. The highest BCUT2D eigenvalue weighted by atomic mass is 16.5. The topological polar surface area (TPSA) is 74.3 Å². The van der Waals surface area contributed by atoms with Crippen molar-refractivity contribution in [3.05, 3.63) is 64.3 Å². The summed E-state index contributed by atoms with van der Waals surface area (Å²) >= 11 is 0. The first kappa shape index (κ1) is 16.7. The van der Waals surface area contributed by atoms with Gasteiger partial charge in [-0.25, -0.2) is 0 Å². The van der Waals surface area contributed by atoms with Gasteiger partial charge in [0.1, 0.15) is 11.8 Å². The molecule has 0 spiro atoms. The van der Waals surface area contributed by atoms with Gasteiger partial charge in [-0.3, -0.25) is 10.1 Å². The van der Waals surface area contributed by atoms with Gasteiger partial charge < -0.3 is 14.8 Å². The number of benzene rings is 2. The molecule has 0 radical (unpaired) electrons. The molecule has 5 heteroatoms. The van der Waals surface area contributed by atoms with Crippen molar-refractivity contribution in [1.29, 1.82) is 0 Å². The molecule has 5 nitrogen and oxygen atoms in total. The fourth-order valence-corrected chi connectivity index (χ4v) is 3.99. The number of aromatic amines is 1. The molecular weight excluding hydrogens is 328 g/mol. The van der Waals surface area contributed by atoms with Crippen molar-refractivity contribution in [3.8, 4) is 5.75 Å². The molecule has 2 unspecified atom stereocenters. The van der Waals surface area contributed by atoms with E-state index in [9.17, 15) is 9.90 Å². The largest absolute Gasteiger partial charge is 0.496 e.